The standard InChI is InChI=1S/C24H29N3O2/c1-19-13-22(17-26-9-12-27-10-4-3-5-11-27)15-23(28-2)24(19)29-18-21-8-6-7-20(14-21)16-25/h6-8,13-15,17H,3-5,9-12,18H2,1-2H3/b26-17+. The predicted molar refractivity (Wildman–Crippen MR) is 116 cm³/mol. The number of hydrogen-bond acceptors (Lipinski definition) is 5. The zero-order valence-corrected chi connectivity index (χ0v) is 17.4. The summed E-state index contributed by atoms with van der Waals surface area (Å²) in [5.74, 6) is 1.42. The Kier molecular flexibility index (Phi) is 7.66. The molecule has 1 aliphatic rings. The molecule has 0 amide bonds. The first-order chi connectivity index (χ1) is 14.2. The van der Waals surface area contributed by atoms with E-state index in [0.717, 1.165) is 35.5 Å². The highest BCUT2D eigenvalue weighted by Crippen LogP contribution is 2.32. The number of hydrogen-bond donors (Lipinski definition) is 0. The van der Waals surface area contributed by atoms with E-state index < -0.39 is 0 Å². The summed E-state index contributed by atoms with van der Waals surface area (Å²) in [6.07, 6.45) is 5.89. The Hall–Kier alpha value is -2.84. The minimum atomic E-state index is 0.385. The number of ether oxygens (including phenoxy) is 2. The summed E-state index contributed by atoms with van der Waals surface area (Å²) in [5.41, 5.74) is 3.59. The van der Waals surface area contributed by atoms with Crippen molar-refractivity contribution in [3.8, 4) is 17.6 Å². The molecule has 0 spiro atoms. The zero-order chi connectivity index (χ0) is 20.5. The lowest BCUT2D eigenvalue weighted by molar-refractivity contribution is 0.235. The summed E-state index contributed by atoms with van der Waals surface area (Å²) < 4.78 is 11.6. The monoisotopic (exact) mass is 391 g/mol. The number of rotatable bonds is 8. The molecule has 2 aromatic rings. The highest BCUT2D eigenvalue weighted by molar-refractivity contribution is 5.81. The van der Waals surface area contributed by atoms with E-state index in [1.54, 1.807) is 13.2 Å². The van der Waals surface area contributed by atoms with Crippen molar-refractivity contribution in [1.82, 2.24) is 4.90 Å². The van der Waals surface area contributed by atoms with Crippen molar-refractivity contribution in [3.05, 3.63) is 58.7 Å². The quantitative estimate of drug-likeness (QED) is 0.628. The molecule has 0 atom stereocenters. The first-order valence-corrected chi connectivity index (χ1v) is 10.2. The van der Waals surface area contributed by atoms with Gasteiger partial charge in [0.1, 0.15) is 6.61 Å². The Labute approximate surface area is 173 Å². The van der Waals surface area contributed by atoms with Gasteiger partial charge in [-0.3, -0.25) is 4.99 Å². The summed E-state index contributed by atoms with van der Waals surface area (Å²) in [7, 11) is 1.65. The fraction of sp³-hybridized carbons (Fsp3) is 0.417. The van der Waals surface area contributed by atoms with Crippen molar-refractivity contribution in [1.29, 1.82) is 5.26 Å². The van der Waals surface area contributed by atoms with Crippen LogP contribution in [0.1, 0.15) is 41.5 Å². The number of methoxy groups -OCH3 is 1. The molecule has 5 nitrogen and oxygen atoms in total. The van der Waals surface area contributed by atoms with Gasteiger partial charge in [-0.05, 0) is 73.8 Å². The van der Waals surface area contributed by atoms with E-state index in [-0.39, 0.29) is 0 Å². The summed E-state index contributed by atoms with van der Waals surface area (Å²) in [6.45, 7) is 6.63. The van der Waals surface area contributed by atoms with Crippen molar-refractivity contribution < 1.29 is 9.47 Å². The minimum absolute atomic E-state index is 0.385. The summed E-state index contributed by atoms with van der Waals surface area (Å²) in [5, 5.41) is 9.04. The van der Waals surface area contributed by atoms with Crippen LogP contribution in [0, 0.1) is 18.3 Å². The molecule has 0 aromatic heterocycles. The van der Waals surface area contributed by atoms with Crippen LogP contribution < -0.4 is 9.47 Å². The second-order valence-corrected chi connectivity index (χ2v) is 7.41. The van der Waals surface area contributed by atoms with E-state index in [9.17, 15) is 0 Å². The molecule has 1 heterocycles. The van der Waals surface area contributed by atoms with Crippen molar-refractivity contribution >= 4 is 6.21 Å². The van der Waals surface area contributed by atoms with Crippen molar-refractivity contribution in [3.63, 3.8) is 0 Å². The lowest BCUT2D eigenvalue weighted by Gasteiger charge is -2.25. The molecular weight excluding hydrogens is 362 g/mol. The van der Waals surface area contributed by atoms with Crippen LogP contribution in [-0.4, -0.2) is 44.4 Å². The van der Waals surface area contributed by atoms with Gasteiger partial charge in [0.2, 0.25) is 0 Å². The van der Waals surface area contributed by atoms with Gasteiger partial charge >= 0.3 is 0 Å². The summed E-state index contributed by atoms with van der Waals surface area (Å²) in [6, 6.07) is 13.6. The van der Waals surface area contributed by atoms with Gasteiger partial charge in [-0.15, -0.1) is 0 Å². The van der Waals surface area contributed by atoms with Gasteiger partial charge < -0.3 is 14.4 Å². The third-order valence-electron chi connectivity index (χ3n) is 5.16. The molecule has 1 saturated heterocycles. The summed E-state index contributed by atoms with van der Waals surface area (Å²) >= 11 is 0. The third kappa shape index (κ3) is 6.07. The maximum absolute atomic E-state index is 9.04. The first kappa shape index (κ1) is 20.9. The predicted octanol–water partition coefficient (Wildman–Crippen LogP) is 4.36. The van der Waals surface area contributed by atoms with Gasteiger partial charge in [-0.25, -0.2) is 0 Å². The normalized spacial score (nSPS) is 14.7. The van der Waals surface area contributed by atoms with Gasteiger partial charge in [0.15, 0.2) is 11.5 Å². The molecule has 0 saturated carbocycles. The smallest absolute Gasteiger partial charge is 0.164 e. The van der Waals surface area contributed by atoms with Crippen LogP contribution in [0.15, 0.2) is 41.4 Å². The molecular formula is C24H29N3O2. The number of aryl methyl sites for hydroxylation is 1. The van der Waals surface area contributed by atoms with Crippen molar-refractivity contribution in [2.75, 3.05) is 33.3 Å². The van der Waals surface area contributed by atoms with Gasteiger partial charge in [-0.2, -0.15) is 5.26 Å². The number of nitriles is 1. The highest BCUT2D eigenvalue weighted by Gasteiger charge is 2.11. The molecule has 0 N–H and O–H groups in total. The fourth-order valence-corrected chi connectivity index (χ4v) is 3.62. The Morgan fingerprint density at radius 2 is 2.00 bits per heavy atom. The molecule has 0 radical (unpaired) electrons. The number of benzene rings is 2. The van der Waals surface area contributed by atoms with E-state index in [4.69, 9.17) is 14.7 Å². The van der Waals surface area contributed by atoms with Gasteiger partial charge in [0, 0.05) is 12.8 Å². The molecule has 0 aliphatic carbocycles. The average molecular weight is 392 g/mol. The van der Waals surface area contributed by atoms with E-state index in [1.807, 2.05) is 37.4 Å². The lowest BCUT2D eigenvalue weighted by Crippen LogP contribution is -2.31. The number of likely N-dealkylation sites (tertiary alicyclic amines) is 1. The van der Waals surface area contributed by atoms with Crippen LogP contribution in [0.4, 0.5) is 0 Å². The Morgan fingerprint density at radius 1 is 1.17 bits per heavy atom. The SMILES string of the molecule is COc1cc(/C=N/CCN2CCCCC2)cc(C)c1OCc1cccc(C#N)c1. The van der Waals surface area contributed by atoms with Crippen LogP contribution in [0.3, 0.4) is 0 Å². The third-order valence-corrected chi connectivity index (χ3v) is 5.16. The first-order valence-electron chi connectivity index (χ1n) is 10.2. The van der Waals surface area contributed by atoms with Crippen LogP contribution in [0.5, 0.6) is 11.5 Å². The van der Waals surface area contributed by atoms with Crippen LogP contribution in [0.25, 0.3) is 0 Å². The molecule has 3 rings (SSSR count). The Balaban J connectivity index is 1.62. The van der Waals surface area contributed by atoms with Crippen LogP contribution in [0.2, 0.25) is 0 Å². The van der Waals surface area contributed by atoms with Crippen LogP contribution >= 0.6 is 0 Å². The van der Waals surface area contributed by atoms with Crippen molar-refractivity contribution in [2.45, 2.75) is 32.8 Å². The lowest BCUT2D eigenvalue weighted by atomic mass is 10.1. The number of nitrogens with zero attached hydrogens (tertiary/aromatic N) is 3. The van der Waals surface area contributed by atoms with Crippen LogP contribution in [-0.2, 0) is 6.61 Å². The molecule has 5 heteroatoms. The minimum Gasteiger partial charge on any atom is -0.493 e. The highest BCUT2D eigenvalue weighted by atomic mass is 16.5. The average Bonchev–Trinajstić information content (AvgIpc) is 2.76. The largest absolute Gasteiger partial charge is 0.493 e. The van der Waals surface area contributed by atoms with Gasteiger partial charge in [-0.1, -0.05) is 18.6 Å². The van der Waals surface area contributed by atoms with E-state index in [0.29, 0.717) is 17.9 Å². The van der Waals surface area contributed by atoms with Gasteiger partial charge in [0.25, 0.3) is 0 Å². The molecule has 1 aliphatic heterocycles. The second kappa shape index (κ2) is 10.6. The molecule has 2 aromatic carbocycles. The Bertz CT molecular complexity index is 880. The Morgan fingerprint density at radius 3 is 2.76 bits per heavy atom. The van der Waals surface area contributed by atoms with Gasteiger partial charge in [0.05, 0.1) is 25.3 Å². The molecule has 1 fully saturated rings. The van der Waals surface area contributed by atoms with E-state index in [1.165, 1.54) is 32.4 Å². The fourth-order valence-electron chi connectivity index (χ4n) is 3.62. The maximum Gasteiger partial charge on any atom is 0.164 e. The van der Waals surface area contributed by atoms with E-state index in [2.05, 4.69) is 22.0 Å². The summed E-state index contributed by atoms with van der Waals surface area (Å²) in [4.78, 5) is 7.09. The molecule has 29 heavy (non-hydrogen) atoms. The molecule has 152 valence electrons. The molecule has 0 unspecified atom stereocenters. The zero-order valence-electron chi connectivity index (χ0n) is 17.4. The van der Waals surface area contributed by atoms with E-state index >= 15 is 0 Å². The van der Waals surface area contributed by atoms with Crippen molar-refractivity contribution in [2.24, 2.45) is 4.99 Å². The topological polar surface area (TPSA) is 57.9 Å². The molecule has 0 bridgehead atoms. The maximum atomic E-state index is 9.04. The number of aliphatic imine (C=N–C) groups is 1. The number of piperidine rings is 1. The second-order valence-electron chi connectivity index (χ2n) is 7.41.